The summed E-state index contributed by atoms with van der Waals surface area (Å²) in [5, 5.41) is 18.6. The number of carbonyl (C=O) groups excluding carboxylic acids is 1. The Bertz CT molecular complexity index is 773. The summed E-state index contributed by atoms with van der Waals surface area (Å²) in [4.78, 5) is 17.2. The van der Waals surface area contributed by atoms with Gasteiger partial charge in [0.1, 0.15) is 0 Å². The van der Waals surface area contributed by atoms with Crippen molar-refractivity contribution in [3.8, 4) is 5.88 Å². The molecule has 0 unspecified atom stereocenters. The molecule has 3 rings (SSSR count). The third-order valence-electron chi connectivity index (χ3n) is 4.81. The molecule has 24 heavy (non-hydrogen) atoms. The average molecular weight is 328 g/mol. The van der Waals surface area contributed by atoms with Crippen molar-refractivity contribution in [3.05, 3.63) is 23.3 Å². The number of aromatic hydroxyl groups is 1. The zero-order chi connectivity index (χ0) is 17.1. The highest BCUT2D eigenvalue weighted by atomic mass is 16.3. The number of piperidine rings is 1. The predicted octanol–water partition coefficient (Wildman–Crippen LogP) is 3.98. The molecule has 6 heteroatoms. The maximum Gasteiger partial charge on any atom is 0.266 e. The Hall–Kier alpha value is -2.21. The van der Waals surface area contributed by atoms with Gasteiger partial charge >= 0.3 is 0 Å². The quantitative estimate of drug-likeness (QED) is 0.833. The highest BCUT2D eigenvalue weighted by Gasteiger charge is 2.14. The van der Waals surface area contributed by atoms with Gasteiger partial charge in [-0.05, 0) is 50.9 Å². The number of hydrogen-bond donors (Lipinski definition) is 2. The lowest BCUT2D eigenvalue weighted by molar-refractivity contribution is -0.118. The first kappa shape index (κ1) is 16.6. The number of azo groups is 1. The van der Waals surface area contributed by atoms with Crippen molar-refractivity contribution in [2.24, 2.45) is 10.2 Å². The molecule has 6 nitrogen and oxygen atoms in total. The van der Waals surface area contributed by atoms with Gasteiger partial charge in [-0.15, -0.1) is 10.2 Å². The van der Waals surface area contributed by atoms with E-state index in [-0.39, 0.29) is 11.8 Å². The van der Waals surface area contributed by atoms with Gasteiger partial charge in [-0.2, -0.15) is 0 Å². The van der Waals surface area contributed by atoms with Gasteiger partial charge < -0.3 is 15.0 Å². The number of hydrogen-bond acceptors (Lipinski definition) is 4. The highest BCUT2D eigenvalue weighted by molar-refractivity contribution is 5.96. The summed E-state index contributed by atoms with van der Waals surface area (Å²) in [6, 6.07) is 3.86. The van der Waals surface area contributed by atoms with Gasteiger partial charge in [-0.3, -0.25) is 4.79 Å². The molecule has 0 radical (unpaired) electrons. The van der Waals surface area contributed by atoms with Crippen molar-refractivity contribution in [1.82, 2.24) is 9.88 Å². The van der Waals surface area contributed by atoms with Crippen LogP contribution in [-0.2, 0) is 4.79 Å². The number of fused-ring (bicyclic) bond motifs is 1. The number of carbonyl (C=O) groups is 1. The van der Waals surface area contributed by atoms with Crippen LogP contribution in [0.1, 0.15) is 36.8 Å². The first-order chi connectivity index (χ1) is 11.6. The Labute approximate surface area is 141 Å². The van der Waals surface area contributed by atoms with Crippen molar-refractivity contribution in [1.29, 1.82) is 0 Å². The van der Waals surface area contributed by atoms with E-state index in [0.717, 1.165) is 41.7 Å². The van der Waals surface area contributed by atoms with E-state index < -0.39 is 0 Å². The van der Waals surface area contributed by atoms with Gasteiger partial charge in [0.2, 0.25) is 5.88 Å². The summed E-state index contributed by atoms with van der Waals surface area (Å²) in [6.45, 7) is 6.85. The predicted molar refractivity (Wildman–Crippen MR) is 93.9 cm³/mol. The lowest BCUT2D eigenvalue weighted by Gasteiger charge is -2.25. The molecule has 0 aliphatic carbocycles. The van der Waals surface area contributed by atoms with E-state index in [0.29, 0.717) is 12.1 Å². The molecule has 128 valence electrons. The fraction of sp³-hybridized carbons (Fsp3) is 0.500. The van der Waals surface area contributed by atoms with Gasteiger partial charge in [0.15, 0.2) is 5.69 Å². The van der Waals surface area contributed by atoms with Crippen molar-refractivity contribution in [2.45, 2.75) is 39.5 Å². The number of amides is 1. The number of aryl methyl sites for hydroxylation is 2. The minimum Gasteiger partial charge on any atom is -0.493 e. The normalized spacial score (nSPS) is 16.2. The molecule has 0 saturated carbocycles. The largest absolute Gasteiger partial charge is 0.493 e. The third kappa shape index (κ3) is 3.48. The minimum atomic E-state index is -0.252. The van der Waals surface area contributed by atoms with Crippen LogP contribution < -0.4 is 0 Å². The van der Waals surface area contributed by atoms with Crippen LogP contribution in [0.25, 0.3) is 10.9 Å². The molecule has 1 saturated heterocycles. The molecule has 1 aliphatic rings. The Morgan fingerprint density at radius 3 is 2.75 bits per heavy atom. The highest BCUT2D eigenvalue weighted by Crippen LogP contribution is 2.37. The molecule has 2 N–H and O–H groups in total. The topological polar surface area (TPSA) is 81.1 Å². The lowest BCUT2D eigenvalue weighted by Crippen LogP contribution is -2.31. The van der Waals surface area contributed by atoms with E-state index in [4.69, 9.17) is 0 Å². The number of H-pyrrole nitrogens is 1. The maximum atomic E-state index is 12.0. The second-order valence-corrected chi connectivity index (χ2v) is 6.50. The Balaban J connectivity index is 1.69. The summed E-state index contributed by atoms with van der Waals surface area (Å²) >= 11 is 0. The fourth-order valence-electron chi connectivity index (χ4n) is 3.17. The molecule has 2 aromatic rings. The monoisotopic (exact) mass is 328 g/mol. The number of aromatic amines is 1. The molecule has 0 bridgehead atoms. The van der Waals surface area contributed by atoms with Gasteiger partial charge in [-0.1, -0.05) is 18.6 Å². The van der Waals surface area contributed by atoms with Crippen LogP contribution in [0.4, 0.5) is 5.69 Å². The Kier molecular flexibility index (Phi) is 4.94. The number of nitrogens with one attached hydrogen (secondary N) is 1. The number of aromatic nitrogens is 1. The SMILES string of the molecule is Cc1ccc2c(N=NC(=O)CCN3CCCCC3)c(O)[nH]c2c1C. The molecular formula is C18H24N4O2. The van der Waals surface area contributed by atoms with E-state index in [2.05, 4.69) is 20.1 Å². The van der Waals surface area contributed by atoms with Crippen molar-refractivity contribution in [2.75, 3.05) is 19.6 Å². The van der Waals surface area contributed by atoms with Crippen LogP contribution in [0.3, 0.4) is 0 Å². The Morgan fingerprint density at radius 1 is 1.25 bits per heavy atom. The summed E-state index contributed by atoms with van der Waals surface area (Å²) < 4.78 is 0. The molecule has 1 aromatic heterocycles. The number of likely N-dealkylation sites (tertiary alicyclic amines) is 1. The average Bonchev–Trinajstić information content (AvgIpc) is 2.91. The zero-order valence-electron chi connectivity index (χ0n) is 14.3. The molecule has 1 fully saturated rings. The molecule has 2 heterocycles. The minimum absolute atomic E-state index is 0.0497. The number of rotatable bonds is 4. The van der Waals surface area contributed by atoms with Crippen LogP contribution >= 0.6 is 0 Å². The van der Waals surface area contributed by atoms with Crippen molar-refractivity contribution in [3.63, 3.8) is 0 Å². The second-order valence-electron chi connectivity index (χ2n) is 6.50. The van der Waals surface area contributed by atoms with Crippen LogP contribution in [0.15, 0.2) is 22.4 Å². The van der Waals surface area contributed by atoms with E-state index in [1.54, 1.807) is 0 Å². The van der Waals surface area contributed by atoms with E-state index >= 15 is 0 Å². The van der Waals surface area contributed by atoms with Gasteiger partial charge in [0, 0.05) is 18.4 Å². The third-order valence-corrected chi connectivity index (χ3v) is 4.81. The van der Waals surface area contributed by atoms with Gasteiger partial charge in [0.25, 0.3) is 5.91 Å². The van der Waals surface area contributed by atoms with Gasteiger partial charge in [0.05, 0.1) is 5.52 Å². The zero-order valence-corrected chi connectivity index (χ0v) is 14.3. The summed E-state index contributed by atoms with van der Waals surface area (Å²) in [5.41, 5.74) is 3.35. The summed E-state index contributed by atoms with van der Waals surface area (Å²) in [7, 11) is 0. The number of nitrogens with zero attached hydrogens (tertiary/aromatic N) is 3. The first-order valence-corrected chi connectivity index (χ1v) is 8.54. The van der Waals surface area contributed by atoms with Crippen LogP contribution in [-0.4, -0.2) is 40.5 Å². The molecule has 1 aromatic carbocycles. The Morgan fingerprint density at radius 2 is 2.00 bits per heavy atom. The van der Waals surface area contributed by atoms with E-state index in [1.165, 1.54) is 19.3 Å². The van der Waals surface area contributed by atoms with E-state index in [1.807, 2.05) is 26.0 Å². The lowest BCUT2D eigenvalue weighted by atomic mass is 10.1. The molecule has 1 aliphatic heterocycles. The van der Waals surface area contributed by atoms with Crippen LogP contribution in [0.2, 0.25) is 0 Å². The molecular weight excluding hydrogens is 304 g/mol. The van der Waals surface area contributed by atoms with E-state index in [9.17, 15) is 9.90 Å². The maximum absolute atomic E-state index is 12.0. The van der Waals surface area contributed by atoms with Crippen molar-refractivity contribution >= 4 is 22.5 Å². The summed E-state index contributed by atoms with van der Waals surface area (Å²) in [5.74, 6) is -0.301. The fourth-order valence-corrected chi connectivity index (χ4v) is 3.17. The standard InChI is InChI=1S/C18H24N4O2/c1-12-6-7-14-16(13(12)2)19-18(24)17(14)21-20-15(23)8-11-22-9-4-3-5-10-22/h6-7,19,24H,3-5,8-11H2,1-2H3. The molecule has 1 amide bonds. The smallest absolute Gasteiger partial charge is 0.266 e. The number of benzene rings is 1. The second kappa shape index (κ2) is 7.13. The van der Waals surface area contributed by atoms with Crippen molar-refractivity contribution < 1.29 is 9.90 Å². The molecule has 0 atom stereocenters. The van der Waals surface area contributed by atoms with Crippen LogP contribution in [0, 0.1) is 13.8 Å². The molecule has 0 spiro atoms. The van der Waals surface area contributed by atoms with Crippen LogP contribution in [0.5, 0.6) is 5.88 Å². The van der Waals surface area contributed by atoms with Gasteiger partial charge in [-0.25, -0.2) is 0 Å². The first-order valence-electron chi connectivity index (χ1n) is 8.54. The summed E-state index contributed by atoms with van der Waals surface area (Å²) in [6.07, 6.45) is 4.06.